The Morgan fingerprint density at radius 1 is 1.06 bits per heavy atom. The highest BCUT2D eigenvalue weighted by Crippen LogP contribution is 2.22. The number of nitrogens with one attached hydrogen (secondary N) is 2. The minimum Gasteiger partial charge on any atom is -0.497 e. The number of hydrogen-bond donors (Lipinski definition) is 2. The van der Waals surface area contributed by atoms with Crippen LogP contribution < -0.4 is 19.5 Å². The summed E-state index contributed by atoms with van der Waals surface area (Å²) < 4.78 is 37.8. The third kappa shape index (κ3) is 6.45. The average molecular weight is 476 g/mol. The maximum Gasteiger partial charge on any atom is 0.247 e. The van der Waals surface area contributed by atoms with Gasteiger partial charge in [-0.2, -0.15) is 0 Å². The zero-order chi connectivity index (χ0) is 23.8. The molecule has 2 N–H and O–H groups in total. The van der Waals surface area contributed by atoms with Gasteiger partial charge in [-0.3, -0.25) is 9.59 Å². The lowest BCUT2D eigenvalue weighted by atomic mass is 10.2. The van der Waals surface area contributed by atoms with Gasteiger partial charge in [-0.15, -0.1) is 0 Å². The molecule has 0 radical (unpaired) electrons. The minimum atomic E-state index is -3.75. The average Bonchev–Trinajstić information content (AvgIpc) is 3.30. The van der Waals surface area contributed by atoms with E-state index >= 15 is 0 Å². The number of likely N-dealkylation sites (tertiary alicyclic amines) is 1. The van der Waals surface area contributed by atoms with E-state index in [1.165, 1.54) is 17.0 Å². The lowest BCUT2D eigenvalue weighted by Crippen LogP contribution is -2.44. The van der Waals surface area contributed by atoms with Gasteiger partial charge in [0.25, 0.3) is 0 Å². The first kappa shape index (κ1) is 24.5. The van der Waals surface area contributed by atoms with Crippen molar-refractivity contribution in [1.82, 2.24) is 9.62 Å². The van der Waals surface area contributed by atoms with E-state index in [0.717, 1.165) is 0 Å². The molecule has 1 saturated heterocycles. The van der Waals surface area contributed by atoms with E-state index in [9.17, 15) is 18.0 Å². The standard InChI is InChI=1S/C23H29N3O6S/c1-3-32-19-10-12-20(13-11-19)33(29,30)24-15-14-22(27)26-16-4-5-21(26)23(28)25-17-6-8-18(31-2)9-7-17/h6-13,21,24H,3-5,14-16H2,1-2H3,(H,25,28). The fourth-order valence-electron chi connectivity index (χ4n) is 3.64. The molecule has 1 atom stereocenters. The number of hydrogen-bond acceptors (Lipinski definition) is 6. The van der Waals surface area contributed by atoms with Crippen molar-refractivity contribution in [2.24, 2.45) is 0 Å². The maximum absolute atomic E-state index is 12.7. The zero-order valence-corrected chi connectivity index (χ0v) is 19.6. The van der Waals surface area contributed by atoms with Gasteiger partial charge in [0.15, 0.2) is 0 Å². The molecule has 2 aromatic carbocycles. The fourth-order valence-corrected chi connectivity index (χ4v) is 4.67. The molecule has 0 spiro atoms. The van der Waals surface area contributed by atoms with Gasteiger partial charge in [0.2, 0.25) is 21.8 Å². The largest absolute Gasteiger partial charge is 0.497 e. The summed E-state index contributed by atoms with van der Waals surface area (Å²) in [5.41, 5.74) is 0.614. The van der Waals surface area contributed by atoms with E-state index in [2.05, 4.69) is 10.0 Å². The van der Waals surface area contributed by atoms with E-state index < -0.39 is 16.1 Å². The van der Waals surface area contributed by atoms with Crippen LogP contribution in [0, 0.1) is 0 Å². The predicted molar refractivity (Wildman–Crippen MR) is 124 cm³/mol. The van der Waals surface area contributed by atoms with E-state index in [0.29, 0.717) is 43.2 Å². The predicted octanol–water partition coefficient (Wildman–Crippen LogP) is 2.39. The van der Waals surface area contributed by atoms with Crippen molar-refractivity contribution in [2.75, 3.05) is 32.1 Å². The highest BCUT2D eigenvalue weighted by Gasteiger charge is 2.33. The van der Waals surface area contributed by atoms with Crippen molar-refractivity contribution in [1.29, 1.82) is 0 Å². The number of anilines is 1. The summed E-state index contributed by atoms with van der Waals surface area (Å²) >= 11 is 0. The smallest absolute Gasteiger partial charge is 0.247 e. The Kier molecular flexibility index (Phi) is 8.29. The zero-order valence-electron chi connectivity index (χ0n) is 18.7. The van der Waals surface area contributed by atoms with Gasteiger partial charge < -0.3 is 19.7 Å². The Morgan fingerprint density at radius 3 is 2.36 bits per heavy atom. The van der Waals surface area contributed by atoms with Crippen molar-refractivity contribution >= 4 is 27.5 Å². The molecule has 1 unspecified atom stereocenters. The molecular formula is C23H29N3O6S. The van der Waals surface area contributed by atoms with Gasteiger partial charge in [-0.05, 0) is 68.3 Å². The summed E-state index contributed by atoms with van der Waals surface area (Å²) in [5.74, 6) is 0.732. The Bertz CT molecular complexity index is 1050. The molecule has 1 fully saturated rings. The Morgan fingerprint density at radius 2 is 1.73 bits per heavy atom. The molecular weight excluding hydrogens is 446 g/mol. The Hall–Kier alpha value is -3.11. The van der Waals surface area contributed by atoms with E-state index in [1.54, 1.807) is 43.5 Å². The van der Waals surface area contributed by atoms with Crippen molar-refractivity contribution in [3.8, 4) is 11.5 Å². The van der Waals surface area contributed by atoms with E-state index in [1.807, 2.05) is 6.92 Å². The molecule has 10 heteroatoms. The molecule has 1 aliphatic rings. The van der Waals surface area contributed by atoms with Crippen LogP contribution in [0.15, 0.2) is 53.4 Å². The number of benzene rings is 2. The lowest BCUT2D eigenvalue weighted by molar-refractivity contribution is -0.136. The third-order valence-electron chi connectivity index (χ3n) is 5.31. The number of nitrogens with zero attached hydrogens (tertiary/aromatic N) is 1. The highest BCUT2D eigenvalue weighted by atomic mass is 32.2. The number of carbonyl (C=O) groups is 2. The van der Waals surface area contributed by atoms with Crippen LogP contribution in [0.2, 0.25) is 0 Å². The molecule has 1 aliphatic heterocycles. The van der Waals surface area contributed by atoms with Crippen LogP contribution in [0.25, 0.3) is 0 Å². The first-order valence-electron chi connectivity index (χ1n) is 10.8. The van der Waals surface area contributed by atoms with E-state index in [-0.39, 0.29) is 29.7 Å². The number of amides is 2. The molecule has 9 nitrogen and oxygen atoms in total. The molecule has 0 bridgehead atoms. The highest BCUT2D eigenvalue weighted by molar-refractivity contribution is 7.89. The third-order valence-corrected chi connectivity index (χ3v) is 6.79. The van der Waals surface area contributed by atoms with Crippen LogP contribution in [0.1, 0.15) is 26.2 Å². The van der Waals surface area contributed by atoms with Gasteiger partial charge in [0.05, 0.1) is 18.6 Å². The maximum atomic E-state index is 12.7. The van der Waals surface area contributed by atoms with Crippen LogP contribution in [0.5, 0.6) is 11.5 Å². The molecule has 3 rings (SSSR count). The fraction of sp³-hybridized carbons (Fsp3) is 0.391. The summed E-state index contributed by atoms with van der Waals surface area (Å²) in [6.07, 6.45) is 1.23. The SMILES string of the molecule is CCOc1ccc(S(=O)(=O)NCCC(=O)N2CCCC2C(=O)Nc2ccc(OC)cc2)cc1. The molecule has 0 aliphatic carbocycles. The van der Waals surface area contributed by atoms with Crippen molar-refractivity contribution in [3.05, 3.63) is 48.5 Å². The van der Waals surface area contributed by atoms with Gasteiger partial charge in [0.1, 0.15) is 17.5 Å². The topological polar surface area (TPSA) is 114 Å². The minimum absolute atomic E-state index is 0.0391. The first-order valence-corrected chi connectivity index (χ1v) is 12.3. The number of methoxy groups -OCH3 is 1. The summed E-state index contributed by atoms with van der Waals surface area (Å²) in [5, 5.41) is 2.83. The normalized spacial score (nSPS) is 15.8. The Labute approximate surface area is 194 Å². The second kappa shape index (κ2) is 11.2. The van der Waals surface area contributed by atoms with Crippen LogP contribution in [-0.2, 0) is 19.6 Å². The van der Waals surface area contributed by atoms with Crippen molar-refractivity contribution in [3.63, 3.8) is 0 Å². The van der Waals surface area contributed by atoms with Crippen LogP contribution in [0.4, 0.5) is 5.69 Å². The first-order chi connectivity index (χ1) is 15.8. The Balaban J connectivity index is 1.52. The molecule has 0 aromatic heterocycles. The molecule has 178 valence electrons. The monoisotopic (exact) mass is 475 g/mol. The lowest BCUT2D eigenvalue weighted by Gasteiger charge is -2.24. The summed E-state index contributed by atoms with van der Waals surface area (Å²) in [7, 11) is -2.19. The van der Waals surface area contributed by atoms with Crippen LogP contribution >= 0.6 is 0 Å². The van der Waals surface area contributed by atoms with Crippen molar-refractivity contribution < 1.29 is 27.5 Å². The number of ether oxygens (including phenoxy) is 2. The number of rotatable bonds is 10. The second-order valence-electron chi connectivity index (χ2n) is 7.52. The number of carbonyl (C=O) groups excluding carboxylic acids is 2. The van der Waals surface area contributed by atoms with Gasteiger partial charge in [-0.25, -0.2) is 13.1 Å². The summed E-state index contributed by atoms with van der Waals surface area (Å²) in [6, 6.07) is 12.4. The van der Waals surface area contributed by atoms with Crippen molar-refractivity contribution in [2.45, 2.75) is 37.1 Å². The van der Waals surface area contributed by atoms with E-state index in [4.69, 9.17) is 9.47 Å². The van der Waals surface area contributed by atoms with Gasteiger partial charge in [0, 0.05) is 25.2 Å². The van der Waals surface area contributed by atoms with Crippen LogP contribution in [-0.4, -0.2) is 58.0 Å². The quantitative estimate of drug-likeness (QED) is 0.545. The molecule has 1 heterocycles. The summed E-state index contributed by atoms with van der Waals surface area (Å²) in [6.45, 7) is 2.74. The van der Waals surface area contributed by atoms with Gasteiger partial charge >= 0.3 is 0 Å². The molecule has 2 aromatic rings. The molecule has 2 amide bonds. The summed E-state index contributed by atoms with van der Waals surface area (Å²) in [4.78, 5) is 27.0. The molecule has 0 saturated carbocycles. The second-order valence-corrected chi connectivity index (χ2v) is 9.28. The van der Waals surface area contributed by atoms with Gasteiger partial charge in [-0.1, -0.05) is 0 Å². The van der Waals surface area contributed by atoms with Crippen LogP contribution in [0.3, 0.4) is 0 Å². The molecule has 33 heavy (non-hydrogen) atoms. The number of sulfonamides is 1.